The number of alkyl halides is 1. The van der Waals surface area contributed by atoms with Gasteiger partial charge in [0.05, 0.1) is 0 Å². The largest absolute Gasteiger partial charge is 0.122 e. The zero-order chi connectivity index (χ0) is 12.1. The van der Waals surface area contributed by atoms with Crippen LogP contribution in [-0.2, 0) is 0 Å². The van der Waals surface area contributed by atoms with Crippen molar-refractivity contribution in [1.82, 2.24) is 0 Å². The van der Waals surface area contributed by atoms with Crippen LogP contribution in [0, 0.1) is 0 Å². The standard InChI is InChI=1S/C16H17Cl/c1-2-15(17)16(13-9-5-3-6-10-13)14-11-7-4-8-12-14/h3-12,15-16H,2H2,1H3. The van der Waals surface area contributed by atoms with E-state index in [-0.39, 0.29) is 11.3 Å². The maximum Gasteiger partial charge on any atom is 0.0442 e. The first-order chi connectivity index (χ1) is 8.33. The first-order valence-electron chi connectivity index (χ1n) is 6.07. The molecule has 0 spiro atoms. The van der Waals surface area contributed by atoms with Gasteiger partial charge in [-0.05, 0) is 17.5 Å². The third-order valence-corrected chi connectivity index (χ3v) is 3.63. The summed E-state index contributed by atoms with van der Waals surface area (Å²) in [6.45, 7) is 2.14. The topological polar surface area (TPSA) is 0 Å². The Morgan fingerprint density at radius 3 is 1.59 bits per heavy atom. The maximum atomic E-state index is 6.50. The van der Waals surface area contributed by atoms with Crippen LogP contribution in [0.15, 0.2) is 60.7 Å². The fourth-order valence-corrected chi connectivity index (χ4v) is 2.46. The Morgan fingerprint density at radius 1 is 0.824 bits per heavy atom. The molecule has 1 atom stereocenters. The molecule has 0 bridgehead atoms. The van der Waals surface area contributed by atoms with Crippen molar-refractivity contribution in [2.45, 2.75) is 24.6 Å². The molecule has 1 unspecified atom stereocenters. The van der Waals surface area contributed by atoms with Gasteiger partial charge in [0.15, 0.2) is 0 Å². The van der Waals surface area contributed by atoms with Crippen molar-refractivity contribution < 1.29 is 0 Å². The quantitative estimate of drug-likeness (QED) is 0.676. The number of halogens is 1. The van der Waals surface area contributed by atoms with E-state index in [1.165, 1.54) is 11.1 Å². The van der Waals surface area contributed by atoms with Crippen LogP contribution < -0.4 is 0 Å². The molecule has 88 valence electrons. The Morgan fingerprint density at radius 2 is 1.24 bits per heavy atom. The fourth-order valence-electron chi connectivity index (χ4n) is 2.17. The SMILES string of the molecule is CCC(Cl)C(c1ccccc1)c1ccccc1. The Bertz CT molecular complexity index is 396. The summed E-state index contributed by atoms with van der Waals surface area (Å²) in [5, 5.41) is 0.139. The predicted molar refractivity (Wildman–Crippen MR) is 74.7 cm³/mol. The van der Waals surface area contributed by atoms with E-state index in [1.807, 2.05) is 12.1 Å². The van der Waals surface area contributed by atoms with E-state index < -0.39 is 0 Å². The van der Waals surface area contributed by atoms with Crippen molar-refractivity contribution >= 4 is 11.6 Å². The summed E-state index contributed by atoms with van der Waals surface area (Å²) in [5.41, 5.74) is 2.58. The average molecular weight is 245 g/mol. The lowest BCUT2D eigenvalue weighted by Crippen LogP contribution is -2.13. The minimum absolute atomic E-state index is 0.139. The van der Waals surface area contributed by atoms with Gasteiger partial charge >= 0.3 is 0 Å². The van der Waals surface area contributed by atoms with E-state index in [4.69, 9.17) is 11.6 Å². The zero-order valence-electron chi connectivity index (χ0n) is 10.0. The molecule has 17 heavy (non-hydrogen) atoms. The van der Waals surface area contributed by atoms with Crippen LogP contribution in [0.3, 0.4) is 0 Å². The highest BCUT2D eigenvalue weighted by molar-refractivity contribution is 6.21. The van der Waals surface area contributed by atoms with Gasteiger partial charge in [0.25, 0.3) is 0 Å². The molecule has 0 nitrogen and oxygen atoms in total. The Labute approximate surface area is 108 Å². The number of hydrogen-bond donors (Lipinski definition) is 0. The van der Waals surface area contributed by atoms with Crippen molar-refractivity contribution in [2.75, 3.05) is 0 Å². The molecule has 0 fully saturated rings. The Kier molecular flexibility index (Phi) is 4.22. The molecule has 0 saturated heterocycles. The molecule has 0 N–H and O–H groups in total. The smallest absolute Gasteiger partial charge is 0.0442 e. The average Bonchev–Trinajstić information content (AvgIpc) is 2.41. The molecule has 0 saturated carbocycles. The first kappa shape index (κ1) is 12.2. The van der Waals surface area contributed by atoms with Crippen molar-refractivity contribution in [3.05, 3.63) is 71.8 Å². The molecule has 2 rings (SSSR count). The van der Waals surface area contributed by atoms with Crippen LogP contribution in [-0.4, -0.2) is 5.38 Å². The van der Waals surface area contributed by atoms with Crippen molar-refractivity contribution in [3.63, 3.8) is 0 Å². The van der Waals surface area contributed by atoms with Gasteiger partial charge in [-0.25, -0.2) is 0 Å². The molecule has 0 aliphatic rings. The third-order valence-electron chi connectivity index (χ3n) is 3.07. The molecule has 2 aromatic rings. The van der Waals surface area contributed by atoms with Gasteiger partial charge in [-0.2, -0.15) is 0 Å². The minimum Gasteiger partial charge on any atom is -0.122 e. The van der Waals surface area contributed by atoms with Crippen LogP contribution in [0.25, 0.3) is 0 Å². The molecule has 0 radical (unpaired) electrons. The highest BCUT2D eigenvalue weighted by Gasteiger charge is 2.21. The highest BCUT2D eigenvalue weighted by Crippen LogP contribution is 2.32. The Hall–Kier alpha value is -1.27. The summed E-state index contributed by atoms with van der Waals surface area (Å²) >= 11 is 6.50. The predicted octanol–water partition coefficient (Wildman–Crippen LogP) is 4.84. The van der Waals surface area contributed by atoms with Crippen LogP contribution in [0.1, 0.15) is 30.4 Å². The van der Waals surface area contributed by atoms with E-state index in [1.54, 1.807) is 0 Å². The van der Waals surface area contributed by atoms with Crippen molar-refractivity contribution in [1.29, 1.82) is 0 Å². The van der Waals surface area contributed by atoms with Gasteiger partial charge in [0.2, 0.25) is 0 Å². The number of hydrogen-bond acceptors (Lipinski definition) is 0. The van der Waals surface area contributed by atoms with Crippen LogP contribution in [0.5, 0.6) is 0 Å². The van der Waals surface area contributed by atoms with Crippen molar-refractivity contribution in [3.8, 4) is 0 Å². The van der Waals surface area contributed by atoms with E-state index in [2.05, 4.69) is 55.5 Å². The fraction of sp³-hybridized carbons (Fsp3) is 0.250. The normalized spacial score (nSPS) is 12.6. The van der Waals surface area contributed by atoms with Crippen LogP contribution in [0.4, 0.5) is 0 Å². The summed E-state index contributed by atoms with van der Waals surface area (Å²) in [5.74, 6) is 0.282. The lowest BCUT2D eigenvalue weighted by atomic mass is 9.87. The molecular formula is C16H17Cl. The zero-order valence-corrected chi connectivity index (χ0v) is 10.8. The second-order valence-electron chi connectivity index (χ2n) is 4.22. The van der Waals surface area contributed by atoms with Crippen LogP contribution >= 0.6 is 11.6 Å². The minimum atomic E-state index is 0.139. The summed E-state index contributed by atoms with van der Waals surface area (Å²) in [6, 6.07) is 21.0. The van der Waals surface area contributed by atoms with Gasteiger partial charge in [-0.3, -0.25) is 0 Å². The molecule has 0 aliphatic carbocycles. The maximum absolute atomic E-state index is 6.50. The molecule has 1 heteroatoms. The van der Waals surface area contributed by atoms with Crippen LogP contribution in [0.2, 0.25) is 0 Å². The van der Waals surface area contributed by atoms with Gasteiger partial charge in [-0.15, -0.1) is 11.6 Å². The molecule has 0 aromatic heterocycles. The first-order valence-corrected chi connectivity index (χ1v) is 6.50. The van der Waals surface area contributed by atoms with Gasteiger partial charge in [-0.1, -0.05) is 67.6 Å². The molecule has 2 aromatic carbocycles. The monoisotopic (exact) mass is 244 g/mol. The molecular weight excluding hydrogens is 228 g/mol. The molecule has 0 amide bonds. The summed E-state index contributed by atoms with van der Waals surface area (Å²) in [6.07, 6.45) is 0.968. The van der Waals surface area contributed by atoms with E-state index in [9.17, 15) is 0 Å². The molecule has 0 heterocycles. The molecule has 0 aliphatic heterocycles. The summed E-state index contributed by atoms with van der Waals surface area (Å²) in [4.78, 5) is 0. The second-order valence-corrected chi connectivity index (χ2v) is 4.78. The lowest BCUT2D eigenvalue weighted by molar-refractivity contribution is 0.708. The van der Waals surface area contributed by atoms with E-state index in [0.717, 1.165) is 6.42 Å². The number of rotatable bonds is 4. The summed E-state index contributed by atoms with van der Waals surface area (Å²) in [7, 11) is 0. The number of benzene rings is 2. The highest BCUT2D eigenvalue weighted by atomic mass is 35.5. The Balaban J connectivity index is 2.39. The van der Waals surface area contributed by atoms with Gasteiger partial charge in [0.1, 0.15) is 0 Å². The van der Waals surface area contributed by atoms with Gasteiger partial charge in [0, 0.05) is 11.3 Å². The summed E-state index contributed by atoms with van der Waals surface area (Å²) < 4.78 is 0. The van der Waals surface area contributed by atoms with Gasteiger partial charge < -0.3 is 0 Å². The second kappa shape index (κ2) is 5.88. The van der Waals surface area contributed by atoms with Crippen molar-refractivity contribution in [2.24, 2.45) is 0 Å². The third kappa shape index (κ3) is 2.89. The van der Waals surface area contributed by atoms with E-state index in [0.29, 0.717) is 0 Å². The van der Waals surface area contributed by atoms with E-state index >= 15 is 0 Å². The lowest BCUT2D eigenvalue weighted by Gasteiger charge is -2.22.